The fourth-order valence-electron chi connectivity index (χ4n) is 3.23. The average molecular weight is 479 g/mol. The Kier molecular flexibility index (Phi) is 5.99. The zero-order valence-corrected chi connectivity index (χ0v) is 17.7. The average Bonchev–Trinajstić information content (AvgIpc) is 3.12. The second-order valence-corrected chi connectivity index (χ2v) is 7.30. The minimum atomic E-state index is -4.71. The first-order valence-electron chi connectivity index (χ1n) is 9.68. The number of alkyl halides is 3. The van der Waals surface area contributed by atoms with Crippen LogP contribution in [0.2, 0.25) is 5.02 Å². The predicted molar refractivity (Wildman–Crippen MR) is 114 cm³/mol. The molecule has 3 aromatic carbocycles. The highest BCUT2D eigenvalue weighted by Gasteiger charge is 2.35. The van der Waals surface area contributed by atoms with Crippen molar-refractivity contribution < 1.29 is 31.8 Å². The van der Waals surface area contributed by atoms with E-state index in [0.717, 1.165) is 18.2 Å². The van der Waals surface area contributed by atoms with E-state index in [9.17, 15) is 22.4 Å². The molecule has 1 heterocycles. The summed E-state index contributed by atoms with van der Waals surface area (Å²) in [6.07, 6.45) is -4.71. The zero-order chi connectivity index (χ0) is 23.8. The first-order chi connectivity index (χ1) is 15.7. The van der Waals surface area contributed by atoms with Gasteiger partial charge in [0.1, 0.15) is 17.3 Å². The second-order valence-electron chi connectivity index (χ2n) is 6.86. The highest BCUT2D eigenvalue weighted by Crippen LogP contribution is 2.41. The number of hydrogen-bond donors (Lipinski definition) is 0. The van der Waals surface area contributed by atoms with Crippen molar-refractivity contribution in [1.82, 2.24) is 9.78 Å². The smallest absolute Gasteiger partial charge is 0.420 e. The molecule has 0 unspecified atom stereocenters. The van der Waals surface area contributed by atoms with Gasteiger partial charge in [0.25, 0.3) is 0 Å². The summed E-state index contributed by atoms with van der Waals surface area (Å²) in [6, 6.07) is 13.3. The molecule has 0 radical (unpaired) electrons. The lowest BCUT2D eigenvalue weighted by atomic mass is 10.2. The number of ether oxygens (including phenoxy) is 2. The van der Waals surface area contributed by atoms with E-state index in [1.807, 2.05) is 0 Å². The van der Waals surface area contributed by atoms with Crippen LogP contribution in [0, 0.1) is 5.82 Å². The van der Waals surface area contributed by atoms with Crippen molar-refractivity contribution in [3.8, 4) is 17.3 Å². The Balaban J connectivity index is 1.80. The minimum absolute atomic E-state index is 0.0158. The topological polar surface area (TPSA) is 53.4 Å². The van der Waals surface area contributed by atoms with Crippen LogP contribution >= 0.6 is 11.6 Å². The third-order valence-electron chi connectivity index (χ3n) is 4.69. The lowest BCUT2D eigenvalue weighted by molar-refractivity contribution is -0.138. The van der Waals surface area contributed by atoms with Crippen molar-refractivity contribution in [2.45, 2.75) is 13.1 Å². The maximum absolute atomic E-state index is 14.9. The third-order valence-corrected chi connectivity index (χ3v) is 4.93. The fraction of sp³-hybridized carbons (Fsp3) is 0.130. The fourth-order valence-corrected chi connectivity index (χ4v) is 3.41. The number of halogens is 5. The van der Waals surface area contributed by atoms with Gasteiger partial charge in [-0.1, -0.05) is 23.7 Å². The molecule has 33 heavy (non-hydrogen) atoms. The van der Waals surface area contributed by atoms with Gasteiger partial charge in [-0.2, -0.15) is 13.2 Å². The summed E-state index contributed by atoms with van der Waals surface area (Å²) >= 11 is 5.73. The van der Waals surface area contributed by atoms with Gasteiger partial charge in [0, 0.05) is 5.02 Å². The molecule has 0 N–H and O–H groups in total. The van der Waals surface area contributed by atoms with Crippen LogP contribution in [0.4, 0.5) is 17.6 Å². The highest BCUT2D eigenvalue weighted by atomic mass is 35.5. The molecule has 0 aliphatic rings. The van der Waals surface area contributed by atoms with Crippen LogP contribution in [-0.2, 0) is 10.9 Å². The molecule has 0 aliphatic carbocycles. The summed E-state index contributed by atoms with van der Waals surface area (Å²) in [4.78, 5) is 11.9. The molecule has 4 aromatic rings. The van der Waals surface area contributed by atoms with Crippen LogP contribution in [0.25, 0.3) is 16.6 Å². The van der Waals surface area contributed by atoms with Gasteiger partial charge in [-0.25, -0.2) is 13.9 Å². The van der Waals surface area contributed by atoms with Crippen molar-refractivity contribution in [3.63, 3.8) is 0 Å². The molecule has 0 saturated heterocycles. The number of aromatic nitrogens is 2. The van der Waals surface area contributed by atoms with Crippen molar-refractivity contribution in [1.29, 1.82) is 0 Å². The third kappa shape index (κ3) is 4.49. The number of rotatable bonds is 5. The van der Waals surface area contributed by atoms with Gasteiger partial charge in [-0.3, -0.25) is 0 Å². The van der Waals surface area contributed by atoms with Gasteiger partial charge in [0.05, 0.1) is 28.6 Å². The standard InChI is InChI=1S/C23H15ClF4N2O3/c1-2-32-22(31)13-7-9-19(17(25)11-13)30-18-6-4-3-5-15(18)21(29-30)33-20-10-8-14(24)12-16(20)23(26,27)28/h3-12H,2H2,1H3. The first kappa shape index (κ1) is 22.6. The Bertz CT molecular complexity index is 1350. The van der Waals surface area contributed by atoms with Gasteiger partial charge >= 0.3 is 12.1 Å². The van der Waals surface area contributed by atoms with Gasteiger partial charge < -0.3 is 9.47 Å². The van der Waals surface area contributed by atoms with Gasteiger partial charge in [0.15, 0.2) is 0 Å². The van der Waals surface area contributed by atoms with E-state index in [1.165, 1.54) is 22.9 Å². The van der Waals surface area contributed by atoms with E-state index < -0.39 is 29.3 Å². The predicted octanol–water partition coefficient (Wildman–Crippen LogP) is 6.81. The van der Waals surface area contributed by atoms with Crippen LogP contribution < -0.4 is 4.74 Å². The highest BCUT2D eigenvalue weighted by molar-refractivity contribution is 6.30. The Hall–Kier alpha value is -3.59. The molecule has 0 spiro atoms. The monoisotopic (exact) mass is 478 g/mol. The minimum Gasteiger partial charge on any atom is -0.462 e. The summed E-state index contributed by atoms with van der Waals surface area (Å²) in [5, 5.41) is 4.46. The van der Waals surface area contributed by atoms with Crippen LogP contribution in [0.15, 0.2) is 60.7 Å². The van der Waals surface area contributed by atoms with Crippen LogP contribution in [0.5, 0.6) is 11.6 Å². The molecule has 0 bridgehead atoms. The number of fused-ring (bicyclic) bond motifs is 1. The molecular formula is C23H15ClF4N2O3. The lowest BCUT2D eigenvalue weighted by Gasteiger charge is -2.13. The largest absolute Gasteiger partial charge is 0.462 e. The lowest BCUT2D eigenvalue weighted by Crippen LogP contribution is -2.08. The molecule has 10 heteroatoms. The molecule has 170 valence electrons. The first-order valence-corrected chi connectivity index (χ1v) is 10.1. The molecule has 0 amide bonds. The molecule has 0 fully saturated rings. The molecule has 5 nitrogen and oxygen atoms in total. The summed E-state index contributed by atoms with van der Waals surface area (Å²) < 4.78 is 66.9. The van der Waals surface area contributed by atoms with E-state index in [0.29, 0.717) is 10.9 Å². The van der Waals surface area contributed by atoms with Crippen molar-refractivity contribution in [2.24, 2.45) is 0 Å². The number of benzene rings is 3. The number of esters is 1. The summed E-state index contributed by atoms with van der Waals surface area (Å²) in [5.41, 5.74) is -0.695. The van der Waals surface area contributed by atoms with Crippen LogP contribution in [0.3, 0.4) is 0 Å². The van der Waals surface area contributed by atoms with E-state index in [1.54, 1.807) is 31.2 Å². The Morgan fingerprint density at radius 1 is 1.09 bits per heavy atom. The number of carbonyl (C=O) groups excluding carboxylic acids is 1. The van der Waals surface area contributed by atoms with Gasteiger partial charge in [-0.05, 0) is 55.5 Å². The van der Waals surface area contributed by atoms with Crippen molar-refractivity contribution in [2.75, 3.05) is 6.61 Å². The Morgan fingerprint density at radius 2 is 1.85 bits per heavy atom. The molecule has 4 rings (SSSR count). The molecule has 0 atom stereocenters. The van der Waals surface area contributed by atoms with E-state index in [2.05, 4.69) is 5.10 Å². The maximum atomic E-state index is 14.9. The zero-order valence-electron chi connectivity index (χ0n) is 17.0. The van der Waals surface area contributed by atoms with E-state index in [-0.39, 0.29) is 28.8 Å². The molecule has 0 aliphatic heterocycles. The van der Waals surface area contributed by atoms with E-state index in [4.69, 9.17) is 21.1 Å². The number of hydrogen-bond acceptors (Lipinski definition) is 4. The van der Waals surface area contributed by atoms with Gasteiger partial charge in [-0.15, -0.1) is 5.10 Å². The number of carbonyl (C=O) groups is 1. The maximum Gasteiger partial charge on any atom is 0.420 e. The number of nitrogens with zero attached hydrogens (tertiary/aromatic N) is 2. The summed E-state index contributed by atoms with van der Waals surface area (Å²) in [7, 11) is 0. The normalized spacial score (nSPS) is 11.6. The second kappa shape index (κ2) is 8.74. The van der Waals surface area contributed by atoms with Gasteiger partial charge in [0.2, 0.25) is 5.88 Å². The van der Waals surface area contributed by atoms with Crippen molar-refractivity contribution >= 4 is 28.5 Å². The molecule has 1 aromatic heterocycles. The SMILES string of the molecule is CCOC(=O)c1ccc(-n2nc(Oc3ccc(Cl)cc3C(F)(F)F)c3ccccc32)c(F)c1. The quantitative estimate of drug-likeness (QED) is 0.234. The Labute approximate surface area is 190 Å². The Morgan fingerprint density at radius 3 is 2.55 bits per heavy atom. The number of para-hydroxylation sites is 1. The van der Waals surface area contributed by atoms with Crippen molar-refractivity contribution in [3.05, 3.63) is 82.6 Å². The van der Waals surface area contributed by atoms with Crippen LogP contribution in [-0.4, -0.2) is 22.4 Å². The molecule has 0 saturated carbocycles. The molecular weight excluding hydrogens is 464 g/mol. The van der Waals surface area contributed by atoms with E-state index >= 15 is 0 Å². The summed E-state index contributed by atoms with van der Waals surface area (Å²) in [5.74, 6) is -2.12. The summed E-state index contributed by atoms with van der Waals surface area (Å²) in [6.45, 7) is 1.77. The van der Waals surface area contributed by atoms with Crippen LogP contribution in [0.1, 0.15) is 22.8 Å².